The van der Waals surface area contributed by atoms with Gasteiger partial charge in [-0.1, -0.05) is 13.8 Å². The zero-order valence-corrected chi connectivity index (χ0v) is 12.3. The van der Waals surface area contributed by atoms with Crippen molar-refractivity contribution in [2.45, 2.75) is 26.4 Å². The third-order valence-corrected chi connectivity index (χ3v) is 2.74. The lowest BCUT2D eigenvalue weighted by Gasteiger charge is -2.12. The first-order valence-electron chi connectivity index (χ1n) is 6.60. The zero-order valence-electron chi connectivity index (χ0n) is 12.3. The monoisotopic (exact) mass is 296 g/mol. The fourth-order valence-electron chi connectivity index (χ4n) is 1.66. The number of ketones is 1. The molecule has 0 saturated heterocycles. The molecule has 0 aliphatic heterocycles. The van der Waals surface area contributed by atoms with E-state index in [0.29, 0.717) is 0 Å². The number of carbonyl (C=O) groups excluding carboxylic acids is 2. The number of Topliss-reactive ketones (excluding diaryl/α,β-unsaturated/α-hetero) is 1. The largest absolute Gasteiger partial charge is 0.504 e. The van der Waals surface area contributed by atoms with E-state index < -0.39 is 24.5 Å². The van der Waals surface area contributed by atoms with Crippen LogP contribution in [0.5, 0.6) is 11.5 Å². The summed E-state index contributed by atoms with van der Waals surface area (Å²) in [6.07, 6.45) is -1.22. The van der Waals surface area contributed by atoms with Gasteiger partial charge in [0.2, 0.25) is 0 Å². The molecule has 21 heavy (non-hydrogen) atoms. The van der Waals surface area contributed by atoms with Crippen LogP contribution >= 0.6 is 0 Å². The van der Waals surface area contributed by atoms with Gasteiger partial charge in [0.05, 0.1) is 7.11 Å². The summed E-state index contributed by atoms with van der Waals surface area (Å²) in [7, 11) is 1.35. The van der Waals surface area contributed by atoms with Crippen LogP contribution in [0.4, 0.5) is 0 Å². The van der Waals surface area contributed by atoms with Crippen LogP contribution in [0.3, 0.4) is 0 Å². The molecule has 1 atom stereocenters. The van der Waals surface area contributed by atoms with Gasteiger partial charge in [-0.25, -0.2) is 0 Å². The number of phenols is 1. The minimum absolute atomic E-state index is 0.105. The van der Waals surface area contributed by atoms with Crippen LogP contribution in [0.2, 0.25) is 0 Å². The highest BCUT2D eigenvalue weighted by atomic mass is 16.5. The molecule has 116 valence electrons. The number of methoxy groups -OCH3 is 1. The molecule has 0 spiro atoms. The maximum absolute atomic E-state index is 12.0. The average Bonchev–Trinajstić information content (AvgIpc) is 2.43. The van der Waals surface area contributed by atoms with Crippen molar-refractivity contribution in [2.24, 2.45) is 5.92 Å². The number of aromatic hydroxyl groups is 1. The van der Waals surface area contributed by atoms with E-state index in [1.807, 2.05) is 13.8 Å². The van der Waals surface area contributed by atoms with Crippen molar-refractivity contribution in [2.75, 3.05) is 13.7 Å². The molecular weight excluding hydrogens is 276 g/mol. The molecule has 0 unspecified atom stereocenters. The second-order valence-electron chi connectivity index (χ2n) is 5.05. The second kappa shape index (κ2) is 7.64. The SMILES string of the molecule is COc1cc(C(=O)[C@H](O)COC(=O)CC(C)C)ccc1O. The normalized spacial score (nSPS) is 12.0. The number of esters is 1. The predicted molar refractivity (Wildman–Crippen MR) is 75.4 cm³/mol. The van der Waals surface area contributed by atoms with E-state index in [2.05, 4.69) is 0 Å². The van der Waals surface area contributed by atoms with Crippen LogP contribution < -0.4 is 4.74 Å². The number of phenolic OH excluding ortho intramolecular Hbond substituents is 1. The summed E-state index contributed by atoms with van der Waals surface area (Å²) in [5.41, 5.74) is 0.164. The van der Waals surface area contributed by atoms with Gasteiger partial charge in [0.1, 0.15) is 6.61 Å². The Bertz CT molecular complexity index is 509. The summed E-state index contributed by atoms with van der Waals surface area (Å²) < 4.78 is 9.74. The minimum Gasteiger partial charge on any atom is -0.504 e. The number of aliphatic hydroxyl groups excluding tert-OH is 1. The van der Waals surface area contributed by atoms with Crippen LogP contribution in [0, 0.1) is 5.92 Å². The van der Waals surface area contributed by atoms with Gasteiger partial charge >= 0.3 is 5.97 Å². The molecule has 0 bridgehead atoms. The fraction of sp³-hybridized carbons (Fsp3) is 0.467. The van der Waals surface area contributed by atoms with Crippen LogP contribution in [0.25, 0.3) is 0 Å². The molecule has 0 heterocycles. The minimum atomic E-state index is -1.45. The Morgan fingerprint density at radius 2 is 1.95 bits per heavy atom. The molecule has 0 aromatic heterocycles. The van der Waals surface area contributed by atoms with Gasteiger partial charge in [0.15, 0.2) is 23.4 Å². The smallest absolute Gasteiger partial charge is 0.306 e. The highest BCUT2D eigenvalue weighted by Crippen LogP contribution is 2.26. The highest BCUT2D eigenvalue weighted by Gasteiger charge is 2.20. The number of hydrogen-bond donors (Lipinski definition) is 2. The van der Waals surface area contributed by atoms with E-state index in [1.54, 1.807) is 0 Å². The predicted octanol–water partition coefficient (Wildman–Crippen LogP) is 1.53. The van der Waals surface area contributed by atoms with Crippen LogP contribution in [-0.2, 0) is 9.53 Å². The summed E-state index contributed by atoms with van der Waals surface area (Å²) in [4.78, 5) is 23.3. The molecule has 0 saturated carbocycles. The lowest BCUT2D eigenvalue weighted by atomic mass is 10.1. The Morgan fingerprint density at radius 1 is 1.29 bits per heavy atom. The van der Waals surface area contributed by atoms with Gasteiger partial charge < -0.3 is 19.7 Å². The van der Waals surface area contributed by atoms with Gasteiger partial charge in [-0.2, -0.15) is 0 Å². The Kier molecular flexibility index (Phi) is 6.17. The molecule has 2 N–H and O–H groups in total. The Labute approximate surface area is 123 Å². The first-order valence-corrected chi connectivity index (χ1v) is 6.60. The molecule has 6 nitrogen and oxygen atoms in total. The first kappa shape index (κ1) is 17.0. The molecule has 0 fully saturated rings. The van der Waals surface area contributed by atoms with E-state index in [0.717, 1.165) is 0 Å². The molecular formula is C15H20O6. The summed E-state index contributed by atoms with van der Waals surface area (Å²) in [5.74, 6) is -0.894. The molecule has 0 amide bonds. The molecule has 0 aliphatic rings. The number of carbonyl (C=O) groups is 2. The maximum atomic E-state index is 12.0. The topological polar surface area (TPSA) is 93.1 Å². The Balaban J connectivity index is 2.64. The third-order valence-electron chi connectivity index (χ3n) is 2.74. The molecule has 1 aromatic rings. The van der Waals surface area contributed by atoms with Crippen molar-refractivity contribution in [3.63, 3.8) is 0 Å². The van der Waals surface area contributed by atoms with Crippen molar-refractivity contribution < 1.29 is 29.3 Å². The quantitative estimate of drug-likeness (QED) is 0.585. The fourth-order valence-corrected chi connectivity index (χ4v) is 1.66. The summed E-state index contributed by atoms with van der Waals surface area (Å²) >= 11 is 0. The van der Waals surface area contributed by atoms with Crippen LogP contribution in [0.15, 0.2) is 18.2 Å². The van der Waals surface area contributed by atoms with Crippen molar-refractivity contribution >= 4 is 11.8 Å². The van der Waals surface area contributed by atoms with Gasteiger partial charge in [0, 0.05) is 12.0 Å². The van der Waals surface area contributed by atoms with Gasteiger partial charge in [0.25, 0.3) is 0 Å². The molecule has 6 heteroatoms. The van der Waals surface area contributed by atoms with Gasteiger partial charge in [-0.15, -0.1) is 0 Å². The summed E-state index contributed by atoms with van der Waals surface area (Å²) in [5, 5.41) is 19.2. The van der Waals surface area contributed by atoms with Gasteiger partial charge in [-0.3, -0.25) is 9.59 Å². The van der Waals surface area contributed by atoms with Crippen molar-refractivity contribution in [1.82, 2.24) is 0 Å². The standard InChI is InChI=1S/C15H20O6/c1-9(2)6-14(18)21-8-12(17)15(19)10-4-5-11(16)13(7-10)20-3/h4-5,7,9,12,16-17H,6,8H2,1-3H3/t12-/m1/s1. The Hall–Kier alpha value is -2.08. The second-order valence-corrected chi connectivity index (χ2v) is 5.05. The number of ether oxygens (including phenoxy) is 2. The maximum Gasteiger partial charge on any atom is 0.306 e. The highest BCUT2D eigenvalue weighted by molar-refractivity contribution is 6.00. The van der Waals surface area contributed by atoms with Crippen LogP contribution in [-0.4, -0.2) is 41.8 Å². The van der Waals surface area contributed by atoms with E-state index >= 15 is 0 Å². The molecule has 0 radical (unpaired) electrons. The number of benzene rings is 1. The number of rotatable bonds is 7. The Morgan fingerprint density at radius 3 is 2.52 bits per heavy atom. The first-order chi connectivity index (χ1) is 9.85. The molecule has 1 aromatic carbocycles. The van der Waals surface area contributed by atoms with E-state index in [9.17, 15) is 19.8 Å². The van der Waals surface area contributed by atoms with Crippen molar-refractivity contribution in [1.29, 1.82) is 0 Å². The van der Waals surface area contributed by atoms with E-state index in [-0.39, 0.29) is 29.4 Å². The molecule has 0 aliphatic carbocycles. The van der Waals surface area contributed by atoms with Crippen molar-refractivity contribution in [3.05, 3.63) is 23.8 Å². The third kappa shape index (κ3) is 5.07. The number of aliphatic hydroxyl groups is 1. The summed E-state index contributed by atoms with van der Waals surface area (Å²) in [6, 6.07) is 3.97. The van der Waals surface area contributed by atoms with Crippen molar-refractivity contribution in [3.8, 4) is 11.5 Å². The number of hydrogen-bond acceptors (Lipinski definition) is 6. The summed E-state index contributed by atoms with van der Waals surface area (Å²) in [6.45, 7) is 3.34. The van der Waals surface area contributed by atoms with Crippen LogP contribution in [0.1, 0.15) is 30.6 Å². The lowest BCUT2D eigenvalue weighted by Crippen LogP contribution is -2.27. The lowest BCUT2D eigenvalue weighted by molar-refractivity contribution is -0.146. The molecule has 1 rings (SSSR count). The zero-order chi connectivity index (χ0) is 16.0. The van der Waals surface area contributed by atoms with E-state index in [4.69, 9.17) is 9.47 Å². The van der Waals surface area contributed by atoms with Gasteiger partial charge in [-0.05, 0) is 24.1 Å². The average molecular weight is 296 g/mol. The van der Waals surface area contributed by atoms with E-state index in [1.165, 1.54) is 25.3 Å².